The number of piperidine rings is 1. The lowest BCUT2D eigenvalue weighted by atomic mass is 9.98. The molecular weight excluding hydrogens is 334 g/mol. The third kappa shape index (κ3) is 3.11. The van der Waals surface area contributed by atoms with Crippen LogP contribution in [0.15, 0.2) is 35.8 Å². The van der Waals surface area contributed by atoms with Crippen molar-refractivity contribution >= 4 is 23.0 Å². The number of fused-ring (bicyclic) bond motifs is 1. The third-order valence-corrected chi connectivity index (χ3v) is 5.51. The Balaban J connectivity index is 1.60. The van der Waals surface area contributed by atoms with Gasteiger partial charge in [-0.1, -0.05) is 6.07 Å². The number of carbonyl (C=O) groups is 1. The Morgan fingerprint density at radius 3 is 2.96 bits per heavy atom. The number of urea groups is 1. The summed E-state index contributed by atoms with van der Waals surface area (Å²) >= 11 is 1.72. The summed E-state index contributed by atoms with van der Waals surface area (Å²) < 4.78 is 1.86. The van der Waals surface area contributed by atoms with Crippen molar-refractivity contribution in [1.82, 2.24) is 24.4 Å². The summed E-state index contributed by atoms with van der Waals surface area (Å²) in [4.78, 5) is 21.7. The molecule has 3 aromatic heterocycles. The summed E-state index contributed by atoms with van der Waals surface area (Å²) in [5.74, 6) is 1.03. The number of aromatic nitrogens is 3. The zero-order valence-electron chi connectivity index (χ0n) is 14.4. The molecular formula is C18H21N5OS. The van der Waals surface area contributed by atoms with Gasteiger partial charge >= 0.3 is 6.03 Å². The average Bonchev–Trinajstić information content (AvgIpc) is 3.29. The molecule has 0 aromatic carbocycles. The van der Waals surface area contributed by atoms with Gasteiger partial charge in [0.2, 0.25) is 0 Å². The Kier molecular flexibility index (Phi) is 4.17. The van der Waals surface area contributed by atoms with E-state index in [0.29, 0.717) is 6.54 Å². The van der Waals surface area contributed by atoms with Gasteiger partial charge in [0.05, 0.1) is 0 Å². The summed E-state index contributed by atoms with van der Waals surface area (Å²) in [6.45, 7) is 1.50. The fourth-order valence-corrected chi connectivity index (χ4v) is 4.02. The molecule has 3 aromatic rings. The zero-order valence-corrected chi connectivity index (χ0v) is 15.2. The number of pyridine rings is 1. The van der Waals surface area contributed by atoms with Crippen LogP contribution in [0, 0.1) is 0 Å². The maximum atomic E-state index is 12.2. The highest BCUT2D eigenvalue weighted by atomic mass is 32.1. The lowest BCUT2D eigenvalue weighted by Gasteiger charge is -2.33. The zero-order chi connectivity index (χ0) is 17.4. The second-order valence-corrected chi connectivity index (χ2v) is 7.58. The Morgan fingerprint density at radius 1 is 1.32 bits per heavy atom. The van der Waals surface area contributed by atoms with E-state index in [4.69, 9.17) is 10.1 Å². The average molecular weight is 355 g/mol. The maximum absolute atomic E-state index is 12.2. The normalized spacial score (nSPS) is 17.8. The van der Waals surface area contributed by atoms with Gasteiger partial charge < -0.3 is 9.80 Å². The lowest BCUT2D eigenvalue weighted by molar-refractivity contribution is 0.153. The van der Waals surface area contributed by atoms with Gasteiger partial charge in [-0.3, -0.25) is 0 Å². The van der Waals surface area contributed by atoms with E-state index in [1.807, 2.05) is 21.7 Å². The fourth-order valence-electron chi connectivity index (χ4n) is 3.31. The molecule has 1 saturated heterocycles. The van der Waals surface area contributed by atoms with Gasteiger partial charge in [0.25, 0.3) is 0 Å². The molecule has 4 heterocycles. The number of carbonyl (C=O) groups excluding carboxylic acids is 1. The van der Waals surface area contributed by atoms with E-state index in [1.165, 1.54) is 4.88 Å². The van der Waals surface area contributed by atoms with Crippen LogP contribution in [0.2, 0.25) is 0 Å². The predicted octanol–water partition coefficient (Wildman–Crippen LogP) is 3.32. The molecule has 0 spiro atoms. The van der Waals surface area contributed by atoms with Crippen molar-refractivity contribution in [2.24, 2.45) is 0 Å². The van der Waals surface area contributed by atoms with Crippen LogP contribution in [-0.4, -0.2) is 57.6 Å². The number of hydrogen-bond donors (Lipinski definition) is 0. The smallest absolute Gasteiger partial charge is 0.319 e. The second kappa shape index (κ2) is 6.48. The molecule has 25 heavy (non-hydrogen) atoms. The van der Waals surface area contributed by atoms with Crippen molar-refractivity contribution in [3.8, 4) is 10.4 Å². The molecule has 1 atom stereocenters. The van der Waals surface area contributed by atoms with Gasteiger partial charge in [-0.05, 0) is 36.4 Å². The molecule has 0 aliphatic carbocycles. The van der Waals surface area contributed by atoms with Crippen LogP contribution in [0.5, 0.6) is 0 Å². The molecule has 1 fully saturated rings. The quantitative estimate of drug-likeness (QED) is 0.709. The highest BCUT2D eigenvalue weighted by Gasteiger charge is 2.28. The molecule has 2 amide bonds. The van der Waals surface area contributed by atoms with Crippen LogP contribution >= 0.6 is 11.3 Å². The highest BCUT2D eigenvalue weighted by Crippen LogP contribution is 2.27. The SMILES string of the molecule is CN(C)C(=O)N1CCC[C@H](c2nc3ccc(-c4cccs4)cn3n2)C1. The summed E-state index contributed by atoms with van der Waals surface area (Å²) in [6, 6.07) is 8.32. The van der Waals surface area contributed by atoms with Crippen LogP contribution in [0.1, 0.15) is 24.6 Å². The molecule has 0 bridgehead atoms. The van der Waals surface area contributed by atoms with E-state index in [-0.39, 0.29) is 11.9 Å². The molecule has 130 valence electrons. The molecule has 0 unspecified atom stereocenters. The molecule has 6 nitrogen and oxygen atoms in total. The summed E-state index contributed by atoms with van der Waals surface area (Å²) in [6.07, 6.45) is 4.04. The standard InChI is InChI=1S/C18H21N5OS/c1-21(2)18(24)22-9-3-5-14(11-22)17-19-16-8-7-13(12-23(16)20-17)15-6-4-10-25-15/h4,6-8,10,12,14H,3,5,9,11H2,1-2H3/t14-/m0/s1. The van der Waals surface area contributed by atoms with Crippen molar-refractivity contribution in [1.29, 1.82) is 0 Å². The Bertz CT molecular complexity index is 886. The predicted molar refractivity (Wildman–Crippen MR) is 98.9 cm³/mol. The van der Waals surface area contributed by atoms with Gasteiger partial charge in [-0.15, -0.1) is 11.3 Å². The molecule has 1 aliphatic rings. The first-order valence-corrected chi connectivity index (χ1v) is 9.36. The van der Waals surface area contributed by atoms with Crippen molar-refractivity contribution in [3.05, 3.63) is 41.7 Å². The lowest BCUT2D eigenvalue weighted by Crippen LogP contribution is -2.44. The third-order valence-electron chi connectivity index (χ3n) is 4.59. The first-order chi connectivity index (χ1) is 12.1. The number of likely N-dealkylation sites (tertiary alicyclic amines) is 1. The Morgan fingerprint density at radius 2 is 2.20 bits per heavy atom. The summed E-state index contributed by atoms with van der Waals surface area (Å²) in [7, 11) is 3.59. The minimum absolute atomic E-state index is 0.0634. The summed E-state index contributed by atoms with van der Waals surface area (Å²) in [5.41, 5.74) is 2.00. The minimum atomic E-state index is 0.0634. The van der Waals surface area contributed by atoms with Crippen LogP contribution in [0.3, 0.4) is 0 Å². The van der Waals surface area contributed by atoms with E-state index in [2.05, 4.69) is 23.6 Å². The van der Waals surface area contributed by atoms with E-state index in [1.54, 1.807) is 30.3 Å². The highest BCUT2D eigenvalue weighted by molar-refractivity contribution is 7.13. The van der Waals surface area contributed by atoms with Gasteiger partial charge in [0.15, 0.2) is 11.5 Å². The Hall–Kier alpha value is -2.41. The van der Waals surface area contributed by atoms with Crippen LogP contribution < -0.4 is 0 Å². The number of hydrogen-bond acceptors (Lipinski definition) is 4. The topological polar surface area (TPSA) is 53.7 Å². The van der Waals surface area contributed by atoms with E-state index >= 15 is 0 Å². The molecule has 0 radical (unpaired) electrons. The molecule has 0 saturated carbocycles. The first kappa shape index (κ1) is 16.1. The van der Waals surface area contributed by atoms with Crippen molar-refractivity contribution in [3.63, 3.8) is 0 Å². The molecule has 1 aliphatic heterocycles. The minimum Gasteiger partial charge on any atom is -0.331 e. The monoisotopic (exact) mass is 355 g/mol. The van der Waals surface area contributed by atoms with Gasteiger partial charge in [0.1, 0.15) is 0 Å². The van der Waals surface area contributed by atoms with Crippen LogP contribution in [0.25, 0.3) is 16.1 Å². The van der Waals surface area contributed by atoms with Crippen LogP contribution in [0.4, 0.5) is 4.79 Å². The Labute approximate surface area is 150 Å². The van der Waals surface area contributed by atoms with Gasteiger partial charge in [0, 0.05) is 49.7 Å². The van der Waals surface area contributed by atoms with Gasteiger partial charge in [-0.25, -0.2) is 14.3 Å². The molecule has 0 N–H and O–H groups in total. The fraction of sp³-hybridized carbons (Fsp3) is 0.389. The maximum Gasteiger partial charge on any atom is 0.319 e. The van der Waals surface area contributed by atoms with E-state index in [0.717, 1.165) is 36.4 Å². The van der Waals surface area contributed by atoms with Crippen molar-refractivity contribution in [2.45, 2.75) is 18.8 Å². The molecule has 4 rings (SSSR count). The number of nitrogens with zero attached hydrogens (tertiary/aromatic N) is 5. The second-order valence-electron chi connectivity index (χ2n) is 6.63. The van der Waals surface area contributed by atoms with E-state index in [9.17, 15) is 4.79 Å². The molecule has 7 heteroatoms. The van der Waals surface area contributed by atoms with Crippen molar-refractivity contribution in [2.75, 3.05) is 27.2 Å². The summed E-state index contributed by atoms with van der Waals surface area (Å²) in [5, 5.41) is 6.78. The van der Waals surface area contributed by atoms with Gasteiger partial charge in [-0.2, -0.15) is 5.10 Å². The van der Waals surface area contributed by atoms with Crippen molar-refractivity contribution < 1.29 is 4.79 Å². The largest absolute Gasteiger partial charge is 0.331 e. The number of rotatable bonds is 2. The van der Waals surface area contributed by atoms with Crippen LogP contribution in [-0.2, 0) is 0 Å². The number of thiophene rings is 1. The van der Waals surface area contributed by atoms with E-state index < -0.39 is 0 Å². The first-order valence-electron chi connectivity index (χ1n) is 8.48. The number of amides is 2.